The number of carbonyl (C=O) groups excluding carboxylic acids is 1. The molecule has 1 aromatic carbocycles. The number of rotatable bonds is 3. The Labute approximate surface area is 112 Å². The van der Waals surface area contributed by atoms with Crippen LogP contribution in [0.3, 0.4) is 0 Å². The molecule has 0 spiro atoms. The number of aryl methyl sites for hydroxylation is 1. The van der Waals surface area contributed by atoms with Crippen molar-refractivity contribution in [1.29, 1.82) is 0 Å². The number of carbonyl (C=O) groups is 1. The average Bonchev–Trinajstić information content (AvgIpc) is 2.84. The van der Waals surface area contributed by atoms with Crippen molar-refractivity contribution < 1.29 is 17.4 Å². The van der Waals surface area contributed by atoms with Crippen LogP contribution in [0.2, 0.25) is 0 Å². The van der Waals surface area contributed by atoms with E-state index < -0.39 is 16.2 Å². The summed E-state index contributed by atoms with van der Waals surface area (Å²) in [6.45, 7) is 1.89. The van der Waals surface area contributed by atoms with Crippen molar-refractivity contribution in [3.63, 3.8) is 0 Å². The number of hydrogen-bond donors (Lipinski definition) is 0. The van der Waals surface area contributed by atoms with Crippen molar-refractivity contribution in [2.45, 2.75) is 37.2 Å². The summed E-state index contributed by atoms with van der Waals surface area (Å²) < 4.78 is 29.6. The van der Waals surface area contributed by atoms with Crippen LogP contribution < -0.4 is 0 Å². The first kappa shape index (κ1) is 12.8. The fraction of sp³-hybridized carbons (Fsp3) is 0.500. The molecule has 0 radical (unpaired) electrons. The Hall–Kier alpha value is -1.20. The van der Waals surface area contributed by atoms with Crippen molar-refractivity contribution in [2.24, 2.45) is 11.8 Å². The molecule has 4 nitrogen and oxygen atoms in total. The maximum atomic E-state index is 12.1. The Morgan fingerprint density at radius 3 is 2.37 bits per heavy atom. The highest BCUT2D eigenvalue weighted by Gasteiger charge is 2.49. The van der Waals surface area contributed by atoms with Crippen LogP contribution in [0, 0.1) is 18.8 Å². The van der Waals surface area contributed by atoms with Crippen molar-refractivity contribution in [3.8, 4) is 0 Å². The van der Waals surface area contributed by atoms with Crippen LogP contribution in [-0.4, -0.2) is 20.3 Å². The predicted octanol–water partition coefficient (Wildman–Crippen LogP) is 2.07. The molecule has 5 heteroatoms. The van der Waals surface area contributed by atoms with Gasteiger partial charge in [-0.05, 0) is 38.3 Å². The summed E-state index contributed by atoms with van der Waals surface area (Å²) in [5.74, 6) is -0.0162. The predicted molar refractivity (Wildman–Crippen MR) is 69.1 cm³/mol. The van der Waals surface area contributed by atoms with Crippen LogP contribution in [0.1, 0.15) is 24.8 Å². The molecule has 2 saturated carbocycles. The summed E-state index contributed by atoms with van der Waals surface area (Å²) in [7, 11) is -3.76. The highest BCUT2D eigenvalue weighted by molar-refractivity contribution is 7.86. The van der Waals surface area contributed by atoms with Gasteiger partial charge >= 0.3 is 0 Å². The lowest BCUT2D eigenvalue weighted by Gasteiger charge is -2.20. The van der Waals surface area contributed by atoms with Gasteiger partial charge in [0.2, 0.25) is 0 Å². The second-order valence-corrected chi connectivity index (χ2v) is 6.99. The molecule has 0 heterocycles. The fourth-order valence-electron chi connectivity index (χ4n) is 3.05. The second kappa shape index (κ2) is 4.42. The van der Waals surface area contributed by atoms with E-state index in [9.17, 15) is 13.2 Å². The Bertz CT molecular complexity index is 603. The zero-order valence-electron chi connectivity index (χ0n) is 10.7. The van der Waals surface area contributed by atoms with Gasteiger partial charge in [0.15, 0.2) is 0 Å². The van der Waals surface area contributed by atoms with E-state index in [1.165, 1.54) is 0 Å². The minimum absolute atomic E-state index is 0.0169. The minimum atomic E-state index is -3.76. The van der Waals surface area contributed by atoms with Crippen LogP contribution in [-0.2, 0) is 19.1 Å². The van der Waals surface area contributed by atoms with Crippen LogP contribution in [0.5, 0.6) is 0 Å². The number of benzene rings is 1. The minimum Gasteiger partial charge on any atom is -0.299 e. The molecule has 102 valence electrons. The van der Waals surface area contributed by atoms with E-state index in [0.29, 0.717) is 6.42 Å². The normalized spacial score (nSPS) is 29.9. The quantitative estimate of drug-likeness (QED) is 0.795. The molecular weight excluding hydrogens is 264 g/mol. The molecule has 0 amide bonds. The third-order valence-corrected chi connectivity index (χ3v) is 5.47. The van der Waals surface area contributed by atoms with E-state index in [1.807, 2.05) is 6.92 Å². The van der Waals surface area contributed by atoms with Gasteiger partial charge in [0, 0.05) is 11.8 Å². The molecule has 3 atom stereocenters. The maximum absolute atomic E-state index is 12.1. The summed E-state index contributed by atoms with van der Waals surface area (Å²) in [5, 5.41) is 0. The van der Waals surface area contributed by atoms with E-state index in [1.54, 1.807) is 24.3 Å². The van der Waals surface area contributed by atoms with Gasteiger partial charge in [-0.25, -0.2) is 0 Å². The highest BCUT2D eigenvalue weighted by Crippen LogP contribution is 2.43. The van der Waals surface area contributed by atoms with Crippen molar-refractivity contribution >= 4 is 15.9 Å². The number of ketones is 1. The van der Waals surface area contributed by atoms with Crippen LogP contribution in [0.15, 0.2) is 29.2 Å². The molecule has 2 aliphatic rings. The summed E-state index contributed by atoms with van der Waals surface area (Å²) >= 11 is 0. The van der Waals surface area contributed by atoms with Gasteiger partial charge in [0.1, 0.15) is 5.78 Å². The summed E-state index contributed by atoms with van der Waals surface area (Å²) in [6.07, 6.45) is 1.73. The average molecular weight is 280 g/mol. The molecule has 0 N–H and O–H groups in total. The second-order valence-electron chi connectivity index (χ2n) is 5.42. The standard InChI is InChI=1S/C14H16O4S/c1-9-2-5-11(6-3-9)19(16,17)18-13-8-10-4-7-12(13)14(10)15/h2-3,5-6,10,12-13H,4,7-8H2,1H3. The van der Waals surface area contributed by atoms with Gasteiger partial charge < -0.3 is 0 Å². The molecule has 19 heavy (non-hydrogen) atoms. The molecular formula is C14H16O4S. The van der Waals surface area contributed by atoms with Gasteiger partial charge in [0.25, 0.3) is 10.1 Å². The Morgan fingerprint density at radius 1 is 1.16 bits per heavy atom. The largest absolute Gasteiger partial charge is 0.299 e. The summed E-state index contributed by atoms with van der Waals surface area (Å²) in [6, 6.07) is 6.56. The first-order valence-electron chi connectivity index (χ1n) is 6.51. The number of hydrogen-bond acceptors (Lipinski definition) is 4. The molecule has 2 bridgehead atoms. The smallest absolute Gasteiger partial charge is 0.297 e. The first-order valence-corrected chi connectivity index (χ1v) is 7.92. The molecule has 3 rings (SSSR count). The third kappa shape index (κ3) is 2.21. The lowest BCUT2D eigenvalue weighted by molar-refractivity contribution is -0.122. The van der Waals surface area contributed by atoms with Crippen molar-refractivity contribution in [2.75, 3.05) is 0 Å². The van der Waals surface area contributed by atoms with Gasteiger partial charge in [0.05, 0.1) is 11.0 Å². The molecule has 2 aliphatic carbocycles. The van der Waals surface area contributed by atoms with Crippen molar-refractivity contribution in [3.05, 3.63) is 29.8 Å². The lowest BCUT2D eigenvalue weighted by atomic mass is 9.98. The number of fused-ring (bicyclic) bond motifs is 2. The number of Topliss-reactive ketones (excluding diaryl/α,β-unsaturated/α-hetero) is 1. The van der Waals surface area contributed by atoms with E-state index in [0.717, 1.165) is 18.4 Å². The van der Waals surface area contributed by atoms with Crippen molar-refractivity contribution in [1.82, 2.24) is 0 Å². The molecule has 1 aromatic rings. The SMILES string of the molecule is Cc1ccc(S(=O)(=O)OC2CC3CCC2C3=O)cc1. The Balaban J connectivity index is 1.79. The molecule has 0 aromatic heterocycles. The fourth-order valence-corrected chi connectivity index (χ4v) is 4.16. The van der Waals surface area contributed by atoms with Gasteiger partial charge in [-0.1, -0.05) is 17.7 Å². The van der Waals surface area contributed by atoms with Gasteiger partial charge in [-0.2, -0.15) is 8.42 Å². The zero-order valence-corrected chi connectivity index (χ0v) is 11.5. The van der Waals surface area contributed by atoms with Gasteiger partial charge in [-0.15, -0.1) is 0 Å². The summed E-state index contributed by atoms with van der Waals surface area (Å²) in [4.78, 5) is 11.9. The van der Waals surface area contributed by atoms with E-state index in [4.69, 9.17) is 4.18 Å². The monoisotopic (exact) mass is 280 g/mol. The molecule has 3 unspecified atom stereocenters. The van der Waals surface area contributed by atoms with Crippen LogP contribution >= 0.6 is 0 Å². The Morgan fingerprint density at radius 2 is 1.84 bits per heavy atom. The molecule has 2 fully saturated rings. The van der Waals surface area contributed by atoms with Gasteiger partial charge in [-0.3, -0.25) is 8.98 Å². The third-order valence-electron chi connectivity index (χ3n) is 4.12. The van der Waals surface area contributed by atoms with E-state index in [2.05, 4.69) is 0 Å². The molecule has 0 aliphatic heterocycles. The summed E-state index contributed by atoms with van der Waals surface area (Å²) in [5.41, 5.74) is 0.994. The molecule has 0 saturated heterocycles. The lowest BCUT2D eigenvalue weighted by Crippen LogP contribution is -2.25. The van der Waals surface area contributed by atoms with Crippen LogP contribution in [0.25, 0.3) is 0 Å². The van der Waals surface area contributed by atoms with E-state index >= 15 is 0 Å². The topological polar surface area (TPSA) is 60.4 Å². The zero-order chi connectivity index (χ0) is 13.6. The first-order chi connectivity index (χ1) is 8.97. The van der Waals surface area contributed by atoms with E-state index in [-0.39, 0.29) is 22.5 Å². The Kier molecular flexibility index (Phi) is 2.98. The maximum Gasteiger partial charge on any atom is 0.297 e. The highest BCUT2D eigenvalue weighted by atomic mass is 32.2. The van der Waals surface area contributed by atoms with Crippen LogP contribution in [0.4, 0.5) is 0 Å².